The lowest BCUT2D eigenvalue weighted by Crippen LogP contribution is -2.35. The van der Waals surface area contributed by atoms with Crippen LogP contribution in [0.1, 0.15) is 15.9 Å². The molecule has 0 aliphatic carbocycles. The molecule has 1 amide bonds. The van der Waals surface area contributed by atoms with Gasteiger partial charge in [-0.25, -0.2) is 4.99 Å². The van der Waals surface area contributed by atoms with Crippen LogP contribution in [0, 0.1) is 6.92 Å². The number of carbonyl (C=O) groups excluding carboxylic acids is 1. The van der Waals surface area contributed by atoms with Crippen molar-refractivity contribution in [2.45, 2.75) is 6.92 Å². The average molecular weight is 374 g/mol. The van der Waals surface area contributed by atoms with Crippen LogP contribution in [0.25, 0.3) is 0 Å². The van der Waals surface area contributed by atoms with Gasteiger partial charge in [0.1, 0.15) is 0 Å². The molecule has 0 radical (unpaired) electrons. The van der Waals surface area contributed by atoms with E-state index in [1.54, 1.807) is 36.3 Å². The van der Waals surface area contributed by atoms with Gasteiger partial charge in [0, 0.05) is 18.7 Å². The van der Waals surface area contributed by atoms with E-state index in [0.717, 1.165) is 5.56 Å². The highest BCUT2D eigenvalue weighted by Crippen LogP contribution is 2.30. The molecule has 6 nitrogen and oxygen atoms in total. The minimum Gasteiger partial charge on any atom is -0.493 e. The van der Waals surface area contributed by atoms with Gasteiger partial charge in [0.15, 0.2) is 11.5 Å². The fourth-order valence-corrected chi connectivity index (χ4v) is 3.04. The number of aryl methyl sites for hydroxylation is 1. The van der Waals surface area contributed by atoms with Crippen molar-refractivity contribution < 1.29 is 14.3 Å². The summed E-state index contributed by atoms with van der Waals surface area (Å²) in [6, 6.07) is 10.7. The van der Waals surface area contributed by atoms with Gasteiger partial charge in [-0.15, -0.1) is 0 Å². The van der Waals surface area contributed by atoms with Gasteiger partial charge in [-0.1, -0.05) is 23.7 Å². The Hall–Kier alpha value is -2.73. The molecule has 1 saturated heterocycles. The minimum atomic E-state index is -0.167. The van der Waals surface area contributed by atoms with Crippen LogP contribution in [-0.4, -0.2) is 44.1 Å². The highest BCUT2D eigenvalue weighted by atomic mass is 35.5. The normalized spacial score (nSPS) is 15.1. The summed E-state index contributed by atoms with van der Waals surface area (Å²) >= 11 is 6.26. The molecule has 0 atom stereocenters. The molecule has 2 aromatic rings. The Kier molecular flexibility index (Phi) is 5.32. The largest absolute Gasteiger partial charge is 0.493 e. The summed E-state index contributed by atoms with van der Waals surface area (Å²) < 4.78 is 10.5. The van der Waals surface area contributed by atoms with Crippen molar-refractivity contribution in [1.29, 1.82) is 0 Å². The maximum Gasteiger partial charge on any atom is 0.260 e. The zero-order valence-corrected chi connectivity index (χ0v) is 15.6. The summed E-state index contributed by atoms with van der Waals surface area (Å²) in [4.78, 5) is 19.1. The third-order valence-electron chi connectivity index (χ3n) is 4.16. The summed E-state index contributed by atoms with van der Waals surface area (Å²) in [5.74, 6) is 1.40. The summed E-state index contributed by atoms with van der Waals surface area (Å²) in [7, 11) is 3.09. The first-order valence-electron chi connectivity index (χ1n) is 8.16. The molecule has 1 heterocycles. The molecule has 1 aliphatic rings. The van der Waals surface area contributed by atoms with Crippen molar-refractivity contribution >= 4 is 29.2 Å². The maximum absolute atomic E-state index is 13.0. The number of rotatable bonds is 4. The van der Waals surface area contributed by atoms with E-state index in [4.69, 9.17) is 21.1 Å². The van der Waals surface area contributed by atoms with Crippen LogP contribution in [0.5, 0.6) is 11.5 Å². The number of ether oxygens (including phenoxy) is 2. The lowest BCUT2D eigenvalue weighted by Gasteiger charge is -2.17. The quantitative estimate of drug-likeness (QED) is 0.892. The molecule has 1 N–H and O–H groups in total. The van der Waals surface area contributed by atoms with E-state index in [2.05, 4.69) is 10.3 Å². The van der Waals surface area contributed by atoms with E-state index in [1.165, 1.54) is 7.11 Å². The monoisotopic (exact) mass is 373 g/mol. The molecule has 0 aromatic heterocycles. The first-order valence-corrected chi connectivity index (χ1v) is 8.54. The molecule has 1 fully saturated rings. The van der Waals surface area contributed by atoms with Gasteiger partial charge in [-0.05, 0) is 36.8 Å². The van der Waals surface area contributed by atoms with Crippen LogP contribution in [0.2, 0.25) is 5.02 Å². The van der Waals surface area contributed by atoms with E-state index in [-0.39, 0.29) is 5.91 Å². The standard InChI is InChI=1S/C19H20ClN3O3/c1-12-5-4-6-14(20)17(12)22-19-21-9-10-23(19)18(24)13-7-8-15(25-2)16(11-13)26-3/h4-8,11H,9-10H2,1-3H3,(H,21,22). The average Bonchev–Trinajstić information content (AvgIpc) is 3.11. The number of carbonyl (C=O) groups is 1. The first kappa shape index (κ1) is 18.1. The molecule has 0 unspecified atom stereocenters. The minimum absolute atomic E-state index is 0.167. The number of methoxy groups -OCH3 is 2. The number of hydrogen-bond acceptors (Lipinski definition) is 4. The van der Waals surface area contributed by atoms with E-state index in [1.807, 2.05) is 19.1 Å². The number of nitrogens with one attached hydrogen (secondary N) is 1. The number of halogens is 1. The Balaban J connectivity index is 1.93. The predicted molar refractivity (Wildman–Crippen MR) is 102 cm³/mol. The van der Waals surface area contributed by atoms with Gasteiger partial charge in [-0.3, -0.25) is 9.69 Å². The summed E-state index contributed by atoms with van der Waals surface area (Å²) in [5.41, 5.74) is 2.09. The van der Waals surface area contributed by atoms with Gasteiger partial charge >= 0.3 is 0 Å². The second-order valence-corrected chi connectivity index (χ2v) is 6.20. The molecule has 0 saturated carbocycles. The second-order valence-electron chi connectivity index (χ2n) is 5.79. The second kappa shape index (κ2) is 7.66. The molecule has 3 rings (SSSR count). The zero-order valence-electron chi connectivity index (χ0n) is 14.9. The molecule has 0 spiro atoms. The molecular formula is C19H20ClN3O3. The van der Waals surface area contributed by atoms with Crippen molar-refractivity contribution in [3.8, 4) is 11.5 Å². The number of para-hydroxylation sites is 1. The van der Waals surface area contributed by atoms with Crippen molar-refractivity contribution in [3.63, 3.8) is 0 Å². The Morgan fingerprint density at radius 2 is 1.96 bits per heavy atom. The molecule has 7 heteroatoms. The van der Waals surface area contributed by atoms with Gasteiger partial charge in [-0.2, -0.15) is 0 Å². The fourth-order valence-electron chi connectivity index (χ4n) is 2.77. The summed E-state index contributed by atoms with van der Waals surface area (Å²) in [5, 5.41) is 3.70. The number of nitrogens with zero attached hydrogens (tertiary/aromatic N) is 2. The molecule has 136 valence electrons. The van der Waals surface area contributed by atoms with Gasteiger partial charge in [0.2, 0.25) is 5.96 Å². The highest BCUT2D eigenvalue weighted by molar-refractivity contribution is 6.33. The fraction of sp³-hybridized carbons (Fsp3) is 0.263. The Morgan fingerprint density at radius 1 is 1.19 bits per heavy atom. The van der Waals surface area contributed by atoms with E-state index >= 15 is 0 Å². The third-order valence-corrected chi connectivity index (χ3v) is 4.46. The van der Waals surface area contributed by atoms with E-state index in [0.29, 0.717) is 46.8 Å². The first-order chi connectivity index (χ1) is 12.5. The molecule has 26 heavy (non-hydrogen) atoms. The zero-order chi connectivity index (χ0) is 18.7. The maximum atomic E-state index is 13.0. The molecular weight excluding hydrogens is 354 g/mol. The topological polar surface area (TPSA) is 63.2 Å². The molecule has 2 aromatic carbocycles. The van der Waals surface area contributed by atoms with E-state index in [9.17, 15) is 4.79 Å². The number of benzene rings is 2. The third kappa shape index (κ3) is 3.46. The highest BCUT2D eigenvalue weighted by Gasteiger charge is 2.27. The Labute approximate surface area is 157 Å². The lowest BCUT2D eigenvalue weighted by molar-refractivity contribution is 0.0858. The smallest absolute Gasteiger partial charge is 0.260 e. The van der Waals surface area contributed by atoms with Gasteiger partial charge in [0.05, 0.1) is 24.9 Å². The Morgan fingerprint density at radius 3 is 2.65 bits per heavy atom. The molecule has 0 bridgehead atoms. The van der Waals surface area contributed by atoms with E-state index < -0.39 is 0 Å². The van der Waals surface area contributed by atoms with Gasteiger partial charge in [0.25, 0.3) is 5.91 Å². The molecule has 1 aliphatic heterocycles. The number of hydrogen-bond donors (Lipinski definition) is 1. The van der Waals surface area contributed by atoms with Crippen LogP contribution >= 0.6 is 11.6 Å². The SMILES string of the molecule is COc1ccc(C(=O)N2CCN/C2=N\c2c(C)cccc2Cl)cc1OC. The predicted octanol–water partition coefficient (Wildman–Crippen LogP) is 3.40. The van der Waals surface area contributed by atoms with Crippen molar-refractivity contribution in [2.24, 2.45) is 4.99 Å². The van der Waals surface area contributed by atoms with Gasteiger partial charge < -0.3 is 14.8 Å². The Bertz CT molecular complexity index is 847. The van der Waals surface area contributed by atoms with Crippen LogP contribution < -0.4 is 14.8 Å². The van der Waals surface area contributed by atoms with Crippen LogP contribution in [0.4, 0.5) is 5.69 Å². The number of guanidine groups is 1. The number of amides is 1. The van der Waals surface area contributed by atoms with Crippen molar-refractivity contribution in [2.75, 3.05) is 27.3 Å². The van der Waals surface area contributed by atoms with Crippen LogP contribution in [0.3, 0.4) is 0 Å². The van der Waals surface area contributed by atoms with Crippen LogP contribution in [-0.2, 0) is 0 Å². The van der Waals surface area contributed by atoms with Crippen molar-refractivity contribution in [1.82, 2.24) is 10.2 Å². The lowest BCUT2D eigenvalue weighted by atomic mass is 10.1. The van der Waals surface area contributed by atoms with Crippen LogP contribution in [0.15, 0.2) is 41.4 Å². The van der Waals surface area contributed by atoms with Crippen molar-refractivity contribution in [3.05, 3.63) is 52.5 Å². The summed E-state index contributed by atoms with van der Waals surface area (Å²) in [6.07, 6.45) is 0. The number of aliphatic imine (C=N–C) groups is 1. The summed E-state index contributed by atoms with van der Waals surface area (Å²) in [6.45, 7) is 3.08.